The summed E-state index contributed by atoms with van der Waals surface area (Å²) in [6.45, 7) is 1.61. The van der Waals surface area contributed by atoms with E-state index in [-0.39, 0.29) is 5.95 Å². The van der Waals surface area contributed by atoms with Crippen molar-refractivity contribution in [2.75, 3.05) is 19.1 Å². The van der Waals surface area contributed by atoms with Crippen molar-refractivity contribution in [1.82, 2.24) is 10.1 Å². The van der Waals surface area contributed by atoms with Gasteiger partial charge >= 0.3 is 5.97 Å². The molecular weight excluding hydrogens is 372 g/mol. The van der Waals surface area contributed by atoms with Crippen LogP contribution in [0.25, 0.3) is 11.0 Å². The number of hydrogen-bond acceptors (Lipinski definition) is 7. The van der Waals surface area contributed by atoms with Crippen LogP contribution in [0.5, 0.6) is 5.75 Å². The lowest BCUT2D eigenvalue weighted by Gasteiger charge is -2.17. The van der Waals surface area contributed by atoms with Gasteiger partial charge in [0.25, 0.3) is 11.5 Å². The molecule has 1 aromatic heterocycles. The average molecular weight is 389 g/mol. The van der Waals surface area contributed by atoms with E-state index in [1.54, 1.807) is 55.3 Å². The van der Waals surface area contributed by atoms with Gasteiger partial charge in [-0.2, -0.15) is 0 Å². The van der Waals surface area contributed by atoms with Crippen LogP contribution in [0.2, 0.25) is 5.02 Å². The Bertz CT molecular complexity index is 981. The number of carbonyl (C=O) groups is 1. The molecule has 0 fully saturated rings. The van der Waals surface area contributed by atoms with E-state index in [0.717, 1.165) is 5.69 Å². The Balaban J connectivity index is 1.83. The van der Waals surface area contributed by atoms with Crippen LogP contribution in [-0.2, 0) is 9.53 Å². The first kappa shape index (κ1) is 18.7. The van der Waals surface area contributed by atoms with Gasteiger partial charge in [0.05, 0.1) is 12.2 Å². The van der Waals surface area contributed by atoms with E-state index in [2.05, 4.69) is 14.8 Å². The van der Waals surface area contributed by atoms with E-state index in [0.29, 0.717) is 26.7 Å². The van der Waals surface area contributed by atoms with Gasteiger partial charge in [-0.25, -0.2) is 9.78 Å². The monoisotopic (exact) mass is 388 g/mol. The molecule has 8 nitrogen and oxygen atoms in total. The van der Waals surface area contributed by atoms with Gasteiger partial charge in [0.15, 0.2) is 6.10 Å². The number of anilines is 2. The molecule has 0 radical (unpaired) electrons. The molecule has 0 spiro atoms. The van der Waals surface area contributed by atoms with Crippen LogP contribution in [0, 0.1) is 5.21 Å². The molecule has 3 aromatic rings. The topological polar surface area (TPSA) is 91.5 Å². The third-order valence-corrected chi connectivity index (χ3v) is 4.15. The number of ether oxygens (including phenoxy) is 2. The van der Waals surface area contributed by atoms with Crippen molar-refractivity contribution in [2.24, 2.45) is 0 Å². The fraction of sp³-hybridized carbons (Fsp3) is 0.222. The fourth-order valence-electron chi connectivity index (χ4n) is 2.43. The predicted molar refractivity (Wildman–Crippen MR) is 100 cm³/mol. The number of methoxy groups -OCH3 is 1. The zero-order chi connectivity index (χ0) is 19.6. The molecule has 2 aromatic carbocycles. The van der Waals surface area contributed by atoms with Crippen LogP contribution in [-0.4, -0.2) is 36.3 Å². The van der Waals surface area contributed by atoms with Crippen LogP contribution in [0.1, 0.15) is 6.92 Å². The molecule has 27 heavy (non-hydrogen) atoms. The minimum absolute atomic E-state index is 0.233. The highest BCUT2D eigenvalue weighted by Crippen LogP contribution is 2.24. The van der Waals surface area contributed by atoms with Crippen LogP contribution in [0.3, 0.4) is 0 Å². The van der Waals surface area contributed by atoms with Gasteiger partial charge < -0.3 is 19.6 Å². The summed E-state index contributed by atoms with van der Waals surface area (Å²) in [5.41, 5.74) is 1.51. The molecular formula is C18H17ClN4O4. The van der Waals surface area contributed by atoms with E-state index in [4.69, 9.17) is 16.3 Å². The van der Waals surface area contributed by atoms with Crippen molar-refractivity contribution in [2.45, 2.75) is 13.0 Å². The first-order chi connectivity index (χ1) is 12.9. The van der Waals surface area contributed by atoms with Crippen molar-refractivity contribution in [3.8, 4) is 5.75 Å². The molecule has 9 heteroatoms. The van der Waals surface area contributed by atoms with Gasteiger partial charge in [-0.3, -0.25) is 0 Å². The largest absolute Gasteiger partial charge is 0.594 e. The Morgan fingerprint density at radius 1 is 1.26 bits per heavy atom. The van der Waals surface area contributed by atoms with E-state index >= 15 is 0 Å². The second-order valence-electron chi connectivity index (χ2n) is 5.75. The van der Waals surface area contributed by atoms with Crippen molar-refractivity contribution >= 4 is 40.2 Å². The molecule has 0 saturated carbocycles. The van der Waals surface area contributed by atoms with Gasteiger partial charge in [0.2, 0.25) is 0 Å². The van der Waals surface area contributed by atoms with E-state index in [9.17, 15) is 10.0 Å². The molecule has 1 unspecified atom stereocenters. The van der Waals surface area contributed by atoms with Crippen molar-refractivity contribution in [3.63, 3.8) is 0 Å². The SMILES string of the molecule is COC(=O)C(C)Oc1ccc(N(C)c2nc3ccc(Cl)cc3[n+]([O-])n2)cc1. The van der Waals surface area contributed by atoms with Crippen LogP contribution >= 0.6 is 11.6 Å². The first-order valence-electron chi connectivity index (χ1n) is 8.04. The Hall–Kier alpha value is -3.13. The molecule has 0 amide bonds. The van der Waals surface area contributed by atoms with Gasteiger partial charge in [-0.1, -0.05) is 11.6 Å². The Labute approximate surface area is 160 Å². The number of carbonyl (C=O) groups excluding carboxylic acids is 1. The quantitative estimate of drug-likeness (QED) is 0.377. The summed E-state index contributed by atoms with van der Waals surface area (Å²) < 4.78 is 10.1. The minimum Gasteiger partial charge on any atom is -0.594 e. The second kappa shape index (κ2) is 7.63. The Morgan fingerprint density at radius 3 is 2.63 bits per heavy atom. The number of rotatable bonds is 5. The number of halogens is 1. The highest BCUT2D eigenvalue weighted by Gasteiger charge is 2.17. The molecule has 3 rings (SSSR count). The maximum absolute atomic E-state index is 12.2. The summed E-state index contributed by atoms with van der Waals surface area (Å²) in [6.07, 6.45) is -0.714. The molecule has 0 aliphatic rings. The maximum Gasteiger partial charge on any atom is 0.346 e. The molecule has 0 saturated heterocycles. The van der Waals surface area contributed by atoms with E-state index in [1.165, 1.54) is 13.2 Å². The summed E-state index contributed by atoms with van der Waals surface area (Å²) in [7, 11) is 3.05. The van der Waals surface area contributed by atoms with Gasteiger partial charge in [0.1, 0.15) is 11.3 Å². The zero-order valence-electron chi connectivity index (χ0n) is 14.9. The molecule has 140 valence electrons. The Morgan fingerprint density at radius 2 is 1.96 bits per heavy atom. The smallest absolute Gasteiger partial charge is 0.346 e. The third-order valence-electron chi connectivity index (χ3n) is 3.91. The van der Waals surface area contributed by atoms with Crippen LogP contribution < -0.4 is 14.5 Å². The van der Waals surface area contributed by atoms with Crippen LogP contribution in [0.4, 0.5) is 11.6 Å². The van der Waals surface area contributed by atoms with E-state index in [1.807, 2.05) is 0 Å². The number of hydrogen-bond donors (Lipinski definition) is 0. The molecule has 0 N–H and O–H groups in total. The summed E-state index contributed by atoms with van der Waals surface area (Å²) in [5.74, 6) is 0.287. The molecule has 1 atom stereocenters. The van der Waals surface area contributed by atoms with Crippen molar-refractivity contribution in [1.29, 1.82) is 0 Å². The van der Waals surface area contributed by atoms with Crippen molar-refractivity contribution < 1.29 is 19.1 Å². The highest BCUT2D eigenvalue weighted by molar-refractivity contribution is 6.31. The number of aromatic nitrogens is 3. The molecule has 1 heterocycles. The molecule has 0 aliphatic carbocycles. The van der Waals surface area contributed by atoms with Crippen molar-refractivity contribution in [3.05, 3.63) is 52.7 Å². The first-order valence-corrected chi connectivity index (χ1v) is 8.42. The summed E-state index contributed by atoms with van der Waals surface area (Å²) >= 11 is 5.91. The highest BCUT2D eigenvalue weighted by atomic mass is 35.5. The number of fused-ring (bicyclic) bond motifs is 1. The number of esters is 1. The maximum atomic E-state index is 12.2. The fourth-order valence-corrected chi connectivity index (χ4v) is 2.60. The average Bonchev–Trinajstić information content (AvgIpc) is 2.67. The number of nitrogens with zero attached hydrogens (tertiary/aromatic N) is 4. The summed E-state index contributed by atoms with van der Waals surface area (Å²) in [4.78, 5) is 18.0. The zero-order valence-corrected chi connectivity index (χ0v) is 15.7. The third kappa shape index (κ3) is 4.01. The lowest BCUT2D eigenvalue weighted by Crippen LogP contribution is -2.34. The normalized spacial score (nSPS) is 11.9. The number of benzene rings is 2. The molecule has 0 aliphatic heterocycles. The van der Waals surface area contributed by atoms with Gasteiger partial charge in [-0.15, -0.1) is 0 Å². The Kier molecular flexibility index (Phi) is 5.27. The molecule has 0 bridgehead atoms. The second-order valence-corrected chi connectivity index (χ2v) is 6.19. The predicted octanol–water partition coefficient (Wildman–Crippen LogP) is 2.62. The standard InChI is InChI=1S/C18H17ClN4O4/c1-11(17(24)26-3)27-14-7-5-13(6-8-14)22(2)18-20-15-9-4-12(19)10-16(15)23(25)21-18/h4-11H,1-3H3. The van der Waals surface area contributed by atoms with E-state index < -0.39 is 12.1 Å². The summed E-state index contributed by atoms with van der Waals surface area (Å²) in [5, 5.41) is 16.6. The van der Waals surface area contributed by atoms with Gasteiger partial charge in [-0.05, 0) is 48.2 Å². The van der Waals surface area contributed by atoms with Crippen LogP contribution in [0.15, 0.2) is 42.5 Å². The lowest BCUT2D eigenvalue weighted by molar-refractivity contribution is -0.641. The minimum atomic E-state index is -0.714. The summed E-state index contributed by atoms with van der Waals surface area (Å²) in [6, 6.07) is 11.8. The lowest BCUT2D eigenvalue weighted by atomic mass is 10.3. The van der Waals surface area contributed by atoms with Gasteiger partial charge in [0, 0.05) is 23.8 Å².